The average molecular weight is 1270 g/mol. The van der Waals surface area contributed by atoms with E-state index in [2.05, 4.69) is 114 Å². The van der Waals surface area contributed by atoms with Crippen molar-refractivity contribution in [3.63, 3.8) is 0 Å². The van der Waals surface area contributed by atoms with Crippen LogP contribution >= 0.6 is 83.5 Å². The van der Waals surface area contributed by atoms with Crippen molar-refractivity contribution < 1.29 is 19.5 Å². The van der Waals surface area contributed by atoms with Gasteiger partial charge in [0.15, 0.2) is 0 Å². The van der Waals surface area contributed by atoms with Crippen molar-refractivity contribution in [2.75, 3.05) is 0 Å². The summed E-state index contributed by atoms with van der Waals surface area (Å²) in [4.78, 5) is 26.9. The maximum absolute atomic E-state index is 8.92. The number of benzene rings is 4. The summed E-state index contributed by atoms with van der Waals surface area (Å²) in [6.07, 6.45) is 11.1. The molecule has 0 bridgehead atoms. The molecule has 77 heavy (non-hydrogen) atoms. The summed E-state index contributed by atoms with van der Waals surface area (Å²) in [5, 5.41) is 18.7. The quantitative estimate of drug-likeness (QED) is 0.0438. The highest BCUT2D eigenvalue weighted by Gasteiger charge is 2.10. The van der Waals surface area contributed by atoms with Crippen LogP contribution in [-0.4, -0.2) is 47.1 Å². The number of pyridine rings is 6. The highest BCUT2D eigenvalue weighted by atomic mass is 79.9. The number of halogens is 3. The van der Waals surface area contributed by atoms with E-state index in [4.69, 9.17) is 31.7 Å². The van der Waals surface area contributed by atoms with Crippen molar-refractivity contribution >= 4 is 96.1 Å². The molecule has 0 radical (unpaired) electrons. The van der Waals surface area contributed by atoms with Crippen molar-refractivity contribution in [2.45, 2.75) is 47.4 Å². The number of thioether (sulfide) groups is 2. The lowest BCUT2D eigenvalue weighted by Gasteiger charge is -2.07. The molecule has 0 fully saturated rings. The molecule has 0 saturated carbocycles. The molecule has 3 N–H and O–H groups in total. The number of aromatic amines is 1. The fourth-order valence-electron chi connectivity index (χ4n) is 6.42. The van der Waals surface area contributed by atoms with Gasteiger partial charge < -0.3 is 24.5 Å². The van der Waals surface area contributed by atoms with Gasteiger partial charge in [-0.3, -0.25) is 24.9 Å². The van der Waals surface area contributed by atoms with Gasteiger partial charge in [0, 0.05) is 99.9 Å². The first kappa shape index (κ1) is 60.0. The number of aryl methyl sites for hydroxylation is 3. The Morgan fingerprint density at radius 3 is 1.36 bits per heavy atom. The molecule has 0 amide bonds. The van der Waals surface area contributed by atoms with Crippen molar-refractivity contribution in [1.29, 1.82) is 0 Å². The molecule has 0 aliphatic carbocycles. The molecule has 0 aliphatic heterocycles. The van der Waals surface area contributed by atoms with Crippen molar-refractivity contribution in [3.05, 3.63) is 267 Å². The Balaban J connectivity index is 0.000000168. The van der Waals surface area contributed by atoms with Gasteiger partial charge in [-0.1, -0.05) is 94.9 Å². The minimum absolute atomic E-state index is 0.445. The van der Waals surface area contributed by atoms with Crippen LogP contribution in [0, 0.1) is 25.3 Å². The second kappa shape index (κ2) is 33.1. The van der Waals surface area contributed by atoms with E-state index in [9.17, 15) is 0 Å². The van der Waals surface area contributed by atoms with Crippen LogP contribution in [0.15, 0.2) is 238 Å². The highest BCUT2D eigenvalue weighted by molar-refractivity contribution is 9.10. The Kier molecular flexibility index (Phi) is 25.8. The lowest BCUT2D eigenvalue weighted by molar-refractivity contribution is 0.425. The van der Waals surface area contributed by atoms with E-state index >= 15 is 0 Å². The van der Waals surface area contributed by atoms with Crippen LogP contribution in [0.2, 0.25) is 0 Å². The molecule has 0 unspecified atom stereocenters. The van der Waals surface area contributed by atoms with Gasteiger partial charge in [0.05, 0.1) is 17.1 Å². The van der Waals surface area contributed by atoms with Crippen molar-refractivity contribution in [2.24, 2.45) is 0 Å². The number of nitrogens with one attached hydrogen (secondary N) is 1. The third-order valence-electron chi connectivity index (χ3n) is 10.3. The Hall–Kier alpha value is -6.28. The molecule has 10 rings (SSSR count). The summed E-state index contributed by atoms with van der Waals surface area (Å²) in [5.74, 6) is 4.80. The molecule has 4 aromatic carbocycles. The van der Waals surface area contributed by atoms with Crippen LogP contribution in [-0.2, 0) is 16.8 Å². The maximum Gasteiger partial charge on any atom is 0.488 e. The molecule has 10 aromatic rings. The molecule has 6 aromatic heterocycles. The first-order valence-electron chi connectivity index (χ1n) is 23.9. The topological polar surface area (TPSA) is 139 Å². The van der Waals surface area contributed by atoms with E-state index in [1.165, 1.54) is 9.79 Å². The smallest absolute Gasteiger partial charge is 0.457 e. The molecule has 0 saturated heterocycles. The number of H-pyrrole nitrogens is 1. The van der Waals surface area contributed by atoms with Crippen molar-refractivity contribution in [3.8, 4) is 34.1 Å². The molecule has 6 heterocycles. The van der Waals surface area contributed by atoms with E-state index in [0.29, 0.717) is 11.2 Å². The number of aromatic nitrogens is 6. The number of nitrogens with zero attached hydrogens (tertiary/aromatic N) is 5. The number of hydrogen-bond acceptors (Lipinski definition) is 12. The summed E-state index contributed by atoms with van der Waals surface area (Å²) < 4.78 is 14.3. The highest BCUT2D eigenvalue weighted by Crippen LogP contribution is 2.28. The number of rotatable bonds is 13. The molecular formula is C60H54BBr3N6O4S3. The zero-order valence-corrected chi connectivity index (χ0v) is 49.5. The van der Waals surface area contributed by atoms with Gasteiger partial charge in [-0.05, 0) is 179 Å². The van der Waals surface area contributed by atoms with E-state index in [1.807, 2.05) is 173 Å². The van der Waals surface area contributed by atoms with Gasteiger partial charge in [0.25, 0.3) is 0 Å². The Labute approximate surface area is 489 Å². The first-order chi connectivity index (χ1) is 37.4. The standard InChI is InChI=1S/C24H20N2OS.C12H11BO3.C12H11BrN2S.C6H5Br2N.C6H7NS/c1-18-15-24(13-14-25-18)28-17-21-10-7-20(16-26-21)19-8-11-23(12-9-19)27-22-5-3-2-4-6-22;14-13(15)10-6-8-12(9-7-10)16-11-4-2-1-3-5-11;1-9-6-12(4-5-14-9)16-8-11-3-2-10(13)7-15-11;7-3-6-2-1-5(8)4-9-6;1-5-4-6(8)2-3-7-5/h2-16H,17H2,1H3;1-9,14-15H;2-7H,8H2,1H3;1-2,4H,3H2;2-4H,1H3,(H,7,8). The minimum Gasteiger partial charge on any atom is -0.457 e. The van der Waals surface area contributed by atoms with E-state index < -0.39 is 7.12 Å². The lowest BCUT2D eigenvalue weighted by atomic mass is 9.80. The van der Waals surface area contributed by atoms with Crippen LogP contribution in [0.1, 0.15) is 34.2 Å². The van der Waals surface area contributed by atoms with Crippen LogP contribution in [0.5, 0.6) is 23.0 Å². The normalized spacial score (nSPS) is 10.1. The molecule has 0 spiro atoms. The zero-order chi connectivity index (χ0) is 54.6. The largest absolute Gasteiger partial charge is 0.488 e. The van der Waals surface area contributed by atoms with Gasteiger partial charge in [-0.25, -0.2) is 0 Å². The van der Waals surface area contributed by atoms with Gasteiger partial charge >= 0.3 is 7.12 Å². The lowest BCUT2D eigenvalue weighted by Crippen LogP contribution is -2.29. The minimum atomic E-state index is -1.44. The fraction of sp³-hybridized carbons (Fsp3) is 0.100. The average Bonchev–Trinajstić information content (AvgIpc) is 3.44. The summed E-state index contributed by atoms with van der Waals surface area (Å²) in [7, 11) is -1.44. The van der Waals surface area contributed by atoms with Crippen LogP contribution in [0.4, 0.5) is 0 Å². The number of para-hydroxylation sites is 2. The van der Waals surface area contributed by atoms with Gasteiger partial charge in [0.2, 0.25) is 0 Å². The zero-order valence-electron chi connectivity index (χ0n) is 42.3. The summed E-state index contributed by atoms with van der Waals surface area (Å²) in [6.45, 7) is 5.99. The van der Waals surface area contributed by atoms with Gasteiger partial charge in [-0.2, -0.15) is 0 Å². The summed E-state index contributed by atoms with van der Waals surface area (Å²) >= 11 is 18.4. The predicted molar refractivity (Wildman–Crippen MR) is 329 cm³/mol. The van der Waals surface area contributed by atoms with Gasteiger partial charge in [0.1, 0.15) is 23.0 Å². The monoisotopic (exact) mass is 1270 g/mol. The fourth-order valence-corrected chi connectivity index (χ4v) is 9.26. The Bertz CT molecular complexity index is 3340. The van der Waals surface area contributed by atoms with Crippen LogP contribution in [0.25, 0.3) is 11.1 Å². The third-order valence-corrected chi connectivity index (χ3v) is 14.1. The summed E-state index contributed by atoms with van der Waals surface area (Å²) in [6, 6.07) is 58.1. The Morgan fingerprint density at radius 1 is 0.506 bits per heavy atom. The van der Waals surface area contributed by atoms with Crippen LogP contribution in [0.3, 0.4) is 0 Å². The molecule has 0 atom stereocenters. The molecule has 390 valence electrons. The van der Waals surface area contributed by atoms with E-state index in [0.717, 1.165) is 92.8 Å². The molecule has 0 aliphatic rings. The SMILES string of the molecule is BrCc1ccc(Br)cn1.Cc1cc(=S)cc[nH]1.Cc1cc(SCc2ccc(-c3ccc(Oc4ccccc4)cc3)cn2)ccn1.Cc1cc(SCc2ccc(Br)cn2)ccn1.OB(O)c1ccc(Oc2ccccc2)cc1. The molecule has 10 nitrogen and oxygen atoms in total. The van der Waals surface area contributed by atoms with Crippen LogP contribution < -0.4 is 14.9 Å². The van der Waals surface area contributed by atoms with Crippen molar-refractivity contribution in [1.82, 2.24) is 29.9 Å². The second-order valence-electron chi connectivity index (χ2n) is 16.5. The number of hydrogen-bond donors (Lipinski definition) is 3. The number of ether oxygens (including phenoxy) is 2. The van der Waals surface area contributed by atoms with Gasteiger partial charge in [-0.15, -0.1) is 23.5 Å². The second-order valence-corrected chi connectivity index (χ2v) is 21.4. The Morgan fingerprint density at radius 2 is 0.961 bits per heavy atom. The van der Waals surface area contributed by atoms with E-state index in [1.54, 1.807) is 54.0 Å². The first-order valence-corrected chi connectivity index (χ1v) is 29.0. The number of alkyl halides is 1. The molecule has 17 heteroatoms. The predicted octanol–water partition coefficient (Wildman–Crippen LogP) is 16.3. The molecular weight excluding hydrogens is 1220 g/mol. The summed E-state index contributed by atoms with van der Waals surface area (Å²) in [5.41, 5.74) is 9.06. The third kappa shape index (κ3) is 23.1. The van der Waals surface area contributed by atoms with E-state index in [-0.39, 0.29) is 0 Å². The maximum atomic E-state index is 8.92.